The fourth-order valence-electron chi connectivity index (χ4n) is 2.22. The van der Waals surface area contributed by atoms with Crippen molar-refractivity contribution in [2.45, 2.75) is 30.5 Å². The highest BCUT2D eigenvalue weighted by Crippen LogP contribution is 2.25. The molecule has 1 atom stereocenters. The molecule has 2 rings (SSSR count). The molecule has 0 saturated heterocycles. The number of carbonyl (C=O) groups excluding carboxylic acids is 1. The summed E-state index contributed by atoms with van der Waals surface area (Å²) in [4.78, 5) is 15.6. The van der Waals surface area contributed by atoms with E-state index in [9.17, 15) is 26.4 Å². The number of anilines is 1. The van der Waals surface area contributed by atoms with Crippen molar-refractivity contribution < 1.29 is 26.4 Å². The van der Waals surface area contributed by atoms with Crippen molar-refractivity contribution in [2.75, 3.05) is 5.32 Å². The number of amides is 1. The van der Waals surface area contributed by atoms with Gasteiger partial charge < -0.3 is 9.88 Å². The predicted octanol–water partition coefficient (Wildman–Crippen LogP) is 2.95. The first-order valence-corrected chi connectivity index (χ1v) is 9.48. The van der Waals surface area contributed by atoms with Crippen molar-refractivity contribution in [2.24, 2.45) is 7.05 Å². The van der Waals surface area contributed by atoms with E-state index in [2.05, 4.69) is 10.3 Å². The number of carbonyl (C=O) groups is 1. The van der Waals surface area contributed by atoms with Gasteiger partial charge in [-0.25, -0.2) is 13.4 Å². The summed E-state index contributed by atoms with van der Waals surface area (Å²) in [5, 5.41) is 2.64. The van der Waals surface area contributed by atoms with Crippen LogP contribution in [0.25, 0.3) is 0 Å². The summed E-state index contributed by atoms with van der Waals surface area (Å²) in [6.45, 7) is 1.21. The number of hydrogen-bond acceptors (Lipinski definition) is 4. The summed E-state index contributed by atoms with van der Waals surface area (Å²) in [5.41, 5.74) is 0.259. The fourth-order valence-corrected chi connectivity index (χ4v) is 3.77. The fraction of sp³-hybridized carbons (Fsp3) is 0.333. The largest absolute Gasteiger partial charge is 0.404 e. The molecule has 0 aliphatic heterocycles. The summed E-state index contributed by atoms with van der Waals surface area (Å²) < 4.78 is 65.8. The van der Waals surface area contributed by atoms with Gasteiger partial charge in [0.1, 0.15) is 21.8 Å². The molecule has 0 radical (unpaired) electrons. The molecule has 0 saturated carbocycles. The summed E-state index contributed by atoms with van der Waals surface area (Å²) >= 11 is 5.72. The number of alkyl halides is 3. The van der Waals surface area contributed by atoms with Gasteiger partial charge in [-0.2, -0.15) is 17.9 Å². The van der Waals surface area contributed by atoms with E-state index in [1.165, 1.54) is 36.9 Å². The molecule has 12 heteroatoms. The van der Waals surface area contributed by atoms with Crippen LogP contribution in [0.4, 0.5) is 18.9 Å². The molecule has 0 spiro atoms. The number of nitrogens with zero attached hydrogens (tertiary/aromatic N) is 2. The second-order valence-electron chi connectivity index (χ2n) is 5.62. The second kappa shape index (κ2) is 7.87. The Kier molecular flexibility index (Phi) is 6.17. The minimum atomic E-state index is -4.72. The molecular weight excluding hydrogens is 409 g/mol. The van der Waals surface area contributed by atoms with Gasteiger partial charge in [0.05, 0.1) is 0 Å². The van der Waals surface area contributed by atoms with Crippen LogP contribution in [0.1, 0.15) is 23.8 Å². The van der Waals surface area contributed by atoms with Crippen LogP contribution in [0.5, 0.6) is 0 Å². The lowest BCUT2D eigenvalue weighted by atomic mass is 10.2. The molecule has 1 amide bonds. The third-order valence-corrected chi connectivity index (χ3v) is 5.25. The van der Waals surface area contributed by atoms with Crippen molar-refractivity contribution in [1.29, 1.82) is 0 Å². The van der Waals surface area contributed by atoms with E-state index in [1.807, 2.05) is 0 Å². The SMILES string of the molecule is CCC(NS(=O)(=O)c1cc(C(=O)Nc2ccnc(Cl)c2)n(C)c1)C(F)(F)F. The van der Waals surface area contributed by atoms with Gasteiger partial charge in [0.25, 0.3) is 5.91 Å². The first-order chi connectivity index (χ1) is 12.4. The van der Waals surface area contributed by atoms with E-state index in [4.69, 9.17) is 11.6 Å². The smallest absolute Gasteiger partial charge is 0.345 e. The van der Waals surface area contributed by atoms with Crippen LogP contribution in [0.15, 0.2) is 35.5 Å². The third kappa shape index (κ3) is 5.21. The maximum absolute atomic E-state index is 12.8. The zero-order valence-corrected chi connectivity index (χ0v) is 15.8. The Balaban J connectivity index is 2.25. The van der Waals surface area contributed by atoms with Gasteiger partial charge in [-0.1, -0.05) is 18.5 Å². The van der Waals surface area contributed by atoms with E-state index >= 15 is 0 Å². The van der Waals surface area contributed by atoms with Crippen LogP contribution in [0.3, 0.4) is 0 Å². The topological polar surface area (TPSA) is 93.1 Å². The quantitative estimate of drug-likeness (QED) is 0.697. The molecule has 148 valence electrons. The van der Waals surface area contributed by atoms with Gasteiger partial charge in [0.15, 0.2) is 0 Å². The molecular formula is C15H16ClF3N4O3S. The number of aromatic nitrogens is 2. The number of sulfonamides is 1. The number of pyridine rings is 1. The van der Waals surface area contributed by atoms with Crippen LogP contribution < -0.4 is 10.0 Å². The van der Waals surface area contributed by atoms with Crippen LogP contribution in [0.2, 0.25) is 5.15 Å². The lowest BCUT2D eigenvalue weighted by Gasteiger charge is -2.19. The number of halogens is 4. The highest BCUT2D eigenvalue weighted by molar-refractivity contribution is 7.89. The molecule has 0 aromatic carbocycles. The molecule has 7 nitrogen and oxygen atoms in total. The van der Waals surface area contributed by atoms with Crippen molar-refractivity contribution in [3.63, 3.8) is 0 Å². The Bertz CT molecular complexity index is 944. The number of aryl methyl sites for hydroxylation is 1. The highest BCUT2D eigenvalue weighted by Gasteiger charge is 2.41. The molecule has 0 fully saturated rings. The molecule has 0 bridgehead atoms. The van der Waals surface area contributed by atoms with Crippen molar-refractivity contribution in [1.82, 2.24) is 14.3 Å². The van der Waals surface area contributed by atoms with Crippen molar-refractivity contribution in [3.8, 4) is 0 Å². The molecule has 1 unspecified atom stereocenters. The first-order valence-electron chi connectivity index (χ1n) is 7.62. The summed E-state index contributed by atoms with van der Waals surface area (Å²) in [6.07, 6.45) is -2.77. The molecule has 0 aliphatic carbocycles. The van der Waals surface area contributed by atoms with Gasteiger partial charge in [-0.05, 0) is 24.6 Å². The average molecular weight is 425 g/mol. The lowest BCUT2D eigenvalue weighted by molar-refractivity contribution is -0.151. The predicted molar refractivity (Wildman–Crippen MR) is 93.1 cm³/mol. The number of nitrogens with one attached hydrogen (secondary N) is 2. The Morgan fingerprint density at radius 2 is 2.04 bits per heavy atom. The average Bonchev–Trinajstić information content (AvgIpc) is 2.94. The monoisotopic (exact) mass is 424 g/mol. The van der Waals surface area contributed by atoms with Gasteiger partial charge >= 0.3 is 6.18 Å². The second-order valence-corrected chi connectivity index (χ2v) is 7.72. The number of hydrogen-bond donors (Lipinski definition) is 2. The summed E-state index contributed by atoms with van der Waals surface area (Å²) in [7, 11) is -3.07. The van der Waals surface area contributed by atoms with E-state index in [-0.39, 0.29) is 10.8 Å². The third-order valence-electron chi connectivity index (χ3n) is 3.61. The molecule has 2 aromatic heterocycles. The first kappa shape index (κ1) is 21.2. The van der Waals surface area contributed by atoms with Crippen LogP contribution >= 0.6 is 11.6 Å². The van der Waals surface area contributed by atoms with Gasteiger partial charge in [-0.15, -0.1) is 0 Å². The maximum atomic E-state index is 12.8. The normalized spacial score (nSPS) is 13.4. The Morgan fingerprint density at radius 3 is 2.59 bits per heavy atom. The van der Waals surface area contributed by atoms with Crippen LogP contribution in [0, 0.1) is 0 Å². The van der Waals surface area contributed by atoms with Gasteiger partial charge in [0.2, 0.25) is 10.0 Å². The Morgan fingerprint density at radius 1 is 1.37 bits per heavy atom. The summed E-state index contributed by atoms with van der Waals surface area (Å²) in [6, 6.07) is 1.63. The Hall–Kier alpha value is -2.11. The van der Waals surface area contributed by atoms with Gasteiger partial charge in [0, 0.05) is 25.1 Å². The van der Waals surface area contributed by atoms with Gasteiger partial charge in [-0.3, -0.25) is 4.79 Å². The van der Waals surface area contributed by atoms with Crippen molar-refractivity contribution >= 4 is 33.2 Å². The maximum Gasteiger partial charge on any atom is 0.404 e. The standard InChI is InChI=1S/C15H16ClF3N4O3S/c1-3-12(15(17,18)19)22-27(25,26)10-7-11(23(2)8-10)14(24)21-9-4-5-20-13(16)6-9/h4-8,12,22H,3H2,1-2H3,(H,20,21,24). The minimum absolute atomic E-state index is 0.0663. The lowest BCUT2D eigenvalue weighted by Crippen LogP contribution is -2.44. The minimum Gasteiger partial charge on any atom is -0.345 e. The molecule has 2 heterocycles. The van der Waals surface area contributed by atoms with Crippen LogP contribution in [-0.4, -0.2) is 36.1 Å². The van der Waals surface area contributed by atoms with E-state index in [1.54, 1.807) is 4.72 Å². The molecule has 2 aromatic rings. The molecule has 27 heavy (non-hydrogen) atoms. The van der Waals surface area contributed by atoms with Crippen molar-refractivity contribution in [3.05, 3.63) is 41.4 Å². The Labute approximate surface area is 158 Å². The summed E-state index contributed by atoms with van der Waals surface area (Å²) in [5.74, 6) is -0.663. The van der Waals surface area contributed by atoms with E-state index < -0.39 is 39.5 Å². The molecule has 2 N–H and O–H groups in total. The highest BCUT2D eigenvalue weighted by atomic mass is 35.5. The van der Waals surface area contributed by atoms with Crippen LogP contribution in [-0.2, 0) is 17.1 Å². The van der Waals surface area contributed by atoms with E-state index in [0.717, 1.165) is 12.3 Å². The zero-order chi connectivity index (χ0) is 20.4. The van der Waals surface area contributed by atoms with E-state index in [0.29, 0.717) is 5.69 Å². The number of rotatable bonds is 6. The molecule has 0 aliphatic rings. The zero-order valence-electron chi connectivity index (χ0n) is 14.2.